The lowest BCUT2D eigenvalue weighted by molar-refractivity contribution is -0.122. The first-order valence-corrected chi connectivity index (χ1v) is 9.11. The van der Waals surface area contributed by atoms with Gasteiger partial charge in [-0.1, -0.05) is 17.7 Å². The van der Waals surface area contributed by atoms with E-state index in [-0.39, 0.29) is 37.4 Å². The third-order valence-corrected chi connectivity index (χ3v) is 5.00. The number of ketones is 1. The van der Waals surface area contributed by atoms with Gasteiger partial charge >= 0.3 is 0 Å². The van der Waals surface area contributed by atoms with Gasteiger partial charge in [0, 0.05) is 35.3 Å². The Labute approximate surface area is 166 Å². The molecule has 1 saturated heterocycles. The summed E-state index contributed by atoms with van der Waals surface area (Å²) >= 11 is 6.00. The van der Waals surface area contributed by atoms with Gasteiger partial charge in [-0.2, -0.15) is 0 Å². The maximum atomic E-state index is 12.8. The highest BCUT2D eigenvalue weighted by Crippen LogP contribution is 2.37. The van der Waals surface area contributed by atoms with Crippen molar-refractivity contribution in [3.63, 3.8) is 0 Å². The average molecular weight is 401 g/mol. The summed E-state index contributed by atoms with van der Waals surface area (Å²) in [7, 11) is 0. The van der Waals surface area contributed by atoms with Crippen LogP contribution in [0.2, 0.25) is 5.02 Å². The molecule has 28 heavy (non-hydrogen) atoms. The Bertz CT molecular complexity index is 991. The van der Waals surface area contributed by atoms with Crippen LogP contribution in [0.3, 0.4) is 0 Å². The summed E-state index contributed by atoms with van der Waals surface area (Å²) in [6.45, 7) is 1.72. The number of anilines is 2. The fourth-order valence-electron chi connectivity index (χ4n) is 3.35. The Morgan fingerprint density at radius 2 is 1.93 bits per heavy atom. The van der Waals surface area contributed by atoms with Crippen LogP contribution in [-0.4, -0.2) is 30.9 Å². The topological polar surface area (TPSA) is 84.9 Å². The molecule has 2 aromatic rings. The van der Waals surface area contributed by atoms with Crippen molar-refractivity contribution in [1.29, 1.82) is 0 Å². The van der Waals surface area contributed by atoms with Crippen molar-refractivity contribution in [3.8, 4) is 11.5 Å². The predicted molar refractivity (Wildman–Crippen MR) is 103 cm³/mol. The molecule has 0 saturated carbocycles. The number of Topliss-reactive ketones (excluding diaryl/α,β-unsaturated/α-hetero) is 1. The van der Waals surface area contributed by atoms with E-state index in [9.17, 15) is 14.4 Å². The van der Waals surface area contributed by atoms with Crippen molar-refractivity contribution >= 4 is 40.6 Å². The molecule has 1 fully saturated rings. The second-order valence-corrected chi connectivity index (χ2v) is 7.12. The van der Waals surface area contributed by atoms with Crippen LogP contribution < -0.4 is 19.7 Å². The number of carbonyl (C=O) groups is 3. The third-order valence-electron chi connectivity index (χ3n) is 4.77. The monoisotopic (exact) mass is 400 g/mol. The molecule has 0 radical (unpaired) electrons. The van der Waals surface area contributed by atoms with Crippen LogP contribution in [0.1, 0.15) is 23.7 Å². The molecule has 0 aromatic heterocycles. The van der Waals surface area contributed by atoms with Crippen molar-refractivity contribution in [3.05, 3.63) is 47.0 Å². The summed E-state index contributed by atoms with van der Waals surface area (Å²) in [6.07, 6.45) is 0.0817. The summed E-state index contributed by atoms with van der Waals surface area (Å²) in [4.78, 5) is 38.7. The van der Waals surface area contributed by atoms with E-state index in [2.05, 4.69) is 5.32 Å². The number of halogens is 1. The van der Waals surface area contributed by atoms with Crippen molar-refractivity contribution in [2.75, 3.05) is 23.6 Å². The van der Waals surface area contributed by atoms with Crippen molar-refractivity contribution in [1.82, 2.24) is 0 Å². The molecule has 0 aliphatic carbocycles. The van der Waals surface area contributed by atoms with Crippen molar-refractivity contribution in [2.24, 2.45) is 5.92 Å². The van der Waals surface area contributed by atoms with Gasteiger partial charge in [-0.05, 0) is 31.2 Å². The first-order valence-electron chi connectivity index (χ1n) is 8.74. The number of carbonyl (C=O) groups excluding carboxylic acids is 3. The normalized spacial score (nSPS) is 17.7. The zero-order chi connectivity index (χ0) is 19.8. The van der Waals surface area contributed by atoms with Gasteiger partial charge < -0.3 is 19.7 Å². The zero-order valence-electron chi connectivity index (χ0n) is 15.0. The fraction of sp³-hybridized carbons (Fsp3) is 0.250. The van der Waals surface area contributed by atoms with E-state index in [0.29, 0.717) is 33.5 Å². The number of nitrogens with zero attached hydrogens (tertiary/aromatic N) is 1. The van der Waals surface area contributed by atoms with Gasteiger partial charge in [-0.25, -0.2) is 0 Å². The second-order valence-electron chi connectivity index (χ2n) is 6.68. The number of fused-ring (bicyclic) bond motifs is 1. The second kappa shape index (κ2) is 7.16. The van der Waals surface area contributed by atoms with Gasteiger partial charge in [0.2, 0.25) is 18.6 Å². The minimum atomic E-state index is -0.545. The molecule has 2 amide bonds. The van der Waals surface area contributed by atoms with Gasteiger partial charge in [-0.15, -0.1) is 0 Å². The zero-order valence-corrected chi connectivity index (χ0v) is 15.8. The summed E-state index contributed by atoms with van der Waals surface area (Å²) in [5.41, 5.74) is 1.32. The lowest BCUT2D eigenvalue weighted by Crippen LogP contribution is -2.28. The van der Waals surface area contributed by atoms with Crippen LogP contribution in [0, 0.1) is 5.92 Å². The smallest absolute Gasteiger partial charge is 0.231 e. The van der Waals surface area contributed by atoms with E-state index in [1.807, 2.05) is 0 Å². The van der Waals surface area contributed by atoms with E-state index in [4.69, 9.17) is 21.1 Å². The molecule has 1 atom stereocenters. The fourth-order valence-corrected chi connectivity index (χ4v) is 3.53. The van der Waals surface area contributed by atoms with E-state index in [1.165, 1.54) is 6.92 Å². The molecule has 1 unspecified atom stereocenters. The highest BCUT2D eigenvalue weighted by atomic mass is 35.5. The summed E-state index contributed by atoms with van der Waals surface area (Å²) < 4.78 is 10.6. The number of rotatable bonds is 4. The third kappa shape index (κ3) is 3.41. The van der Waals surface area contributed by atoms with Gasteiger partial charge in [0.15, 0.2) is 17.3 Å². The van der Waals surface area contributed by atoms with Crippen molar-refractivity contribution in [2.45, 2.75) is 13.3 Å². The summed E-state index contributed by atoms with van der Waals surface area (Å²) in [5, 5.41) is 3.29. The molecular weight excluding hydrogens is 384 g/mol. The van der Waals surface area contributed by atoms with Crippen LogP contribution in [0.25, 0.3) is 0 Å². The minimum absolute atomic E-state index is 0.0653. The van der Waals surface area contributed by atoms with E-state index in [0.717, 1.165) is 0 Å². The first-order chi connectivity index (χ1) is 13.4. The minimum Gasteiger partial charge on any atom is -0.454 e. The molecule has 2 aliphatic rings. The Morgan fingerprint density at radius 1 is 1.18 bits per heavy atom. The Morgan fingerprint density at radius 3 is 2.64 bits per heavy atom. The first kappa shape index (κ1) is 18.3. The van der Waals surface area contributed by atoms with Crippen LogP contribution in [0.15, 0.2) is 36.4 Å². The van der Waals surface area contributed by atoms with Crippen LogP contribution >= 0.6 is 11.6 Å². The number of ether oxygens (including phenoxy) is 2. The summed E-state index contributed by atoms with van der Waals surface area (Å²) in [5.74, 6) is -0.317. The van der Waals surface area contributed by atoms with Gasteiger partial charge in [0.25, 0.3) is 0 Å². The molecule has 144 valence electrons. The molecule has 4 rings (SSSR count). The quantitative estimate of drug-likeness (QED) is 0.796. The number of hydrogen-bond acceptors (Lipinski definition) is 5. The predicted octanol–water partition coefficient (Wildman–Crippen LogP) is 3.26. The number of amides is 2. The van der Waals surface area contributed by atoms with E-state index >= 15 is 0 Å². The SMILES string of the molecule is CC(=O)c1cc2c(cc1NC(=O)C1CC(=O)N(c3cccc(Cl)c3)C1)OCO2. The number of nitrogens with one attached hydrogen (secondary N) is 1. The molecule has 8 heteroatoms. The maximum absolute atomic E-state index is 12.8. The molecule has 7 nitrogen and oxygen atoms in total. The van der Waals surface area contributed by atoms with Crippen LogP contribution in [-0.2, 0) is 9.59 Å². The van der Waals surface area contributed by atoms with Crippen molar-refractivity contribution < 1.29 is 23.9 Å². The Hall–Kier alpha value is -3.06. The number of hydrogen-bond donors (Lipinski definition) is 1. The van der Waals surface area contributed by atoms with E-state index < -0.39 is 5.92 Å². The molecule has 2 aromatic carbocycles. The van der Waals surface area contributed by atoms with Gasteiger partial charge in [0.05, 0.1) is 11.6 Å². The maximum Gasteiger partial charge on any atom is 0.231 e. The largest absolute Gasteiger partial charge is 0.454 e. The lowest BCUT2D eigenvalue weighted by Gasteiger charge is -2.17. The van der Waals surface area contributed by atoms with E-state index in [1.54, 1.807) is 41.3 Å². The summed E-state index contributed by atoms with van der Waals surface area (Å²) in [6, 6.07) is 10.1. The molecule has 2 aliphatic heterocycles. The number of benzene rings is 2. The molecule has 0 spiro atoms. The van der Waals surface area contributed by atoms with Gasteiger partial charge in [0.1, 0.15) is 0 Å². The highest BCUT2D eigenvalue weighted by Gasteiger charge is 2.35. The standard InChI is InChI=1S/C20H17ClN2O5/c1-11(24)15-7-17-18(28-10-27-17)8-16(15)22-20(26)12-5-19(25)23(9-12)14-4-2-3-13(21)6-14/h2-4,6-8,12H,5,9-10H2,1H3,(H,22,26). The van der Waals surface area contributed by atoms with Crippen LogP contribution in [0.4, 0.5) is 11.4 Å². The Balaban J connectivity index is 1.53. The average Bonchev–Trinajstić information content (AvgIpc) is 3.26. The molecule has 1 N–H and O–H groups in total. The Kier molecular flexibility index (Phi) is 4.68. The molecule has 0 bridgehead atoms. The lowest BCUT2D eigenvalue weighted by atomic mass is 10.1. The van der Waals surface area contributed by atoms with Crippen LogP contribution in [0.5, 0.6) is 11.5 Å². The van der Waals surface area contributed by atoms with Gasteiger partial charge in [-0.3, -0.25) is 14.4 Å². The molecular formula is C20H17ClN2O5. The molecule has 2 heterocycles. The highest BCUT2D eigenvalue weighted by molar-refractivity contribution is 6.31.